The second kappa shape index (κ2) is 14.3. The number of ether oxygens (including phenoxy) is 3. The van der Waals surface area contributed by atoms with Gasteiger partial charge in [0.25, 0.3) is 0 Å². The third-order valence-electron chi connectivity index (χ3n) is 5.70. The molecule has 1 unspecified atom stereocenters. The summed E-state index contributed by atoms with van der Waals surface area (Å²) in [6.45, 7) is 7.58. The molecule has 33 heavy (non-hydrogen) atoms. The average molecular weight is 569 g/mol. The molecule has 1 atom stereocenters. The van der Waals surface area contributed by atoms with E-state index in [0.717, 1.165) is 55.9 Å². The van der Waals surface area contributed by atoms with E-state index in [1.165, 1.54) is 5.56 Å². The van der Waals surface area contributed by atoms with Crippen LogP contribution in [0.4, 0.5) is 0 Å². The van der Waals surface area contributed by atoms with Gasteiger partial charge < -0.3 is 24.4 Å². The minimum absolute atomic E-state index is 0. The van der Waals surface area contributed by atoms with E-state index < -0.39 is 0 Å². The molecular weight excluding hydrogens is 531 g/mol. The van der Waals surface area contributed by atoms with Gasteiger partial charge in [-0.3, -0.25) is 9.89 Å². The molecule has 3 rings (SSSR count). The van der Waals surface area contributed by atoms with E-state index in [2.05, 4.69) is 47.3 Å². The number of morpholine rings is 1. The molecule has 1 fully saturated rings. The maximum atomic E-state index is 5.58. The molecule has 1 heterocycles. The second-order valence-corrected chi connectivity index (χ2v) is 7.80. The molecule has 0 spiro atoms. The molecule has 1 aliphatic rings. The number of aliphatic imine (C=N–C) groups is 1. The number of hydrogen-bond donors (Lipinski definition) is 1. The average Bonchev–Trinajstić information content (AvgIpc) is 2.84. The van der Waals surface area contributed by atoms with Gasteiger partial charge in [0.1, 0.15) is 11.5 Å². The van der Waals surface area contributed by atoms with E-state index >= 15 is 0 Å². The Morgan fingerprint density at radius 1 is 1.09 bits per heavy atom. The fourth-order valence-corrected chi connectivity index (χ4v) is 3.95. The van der Waals surface area contributed by atoms with Crippen LogP contribution in [-0.4, -0.2) is 76.4 Å². The number of guanidine groups is 1. The molecule has 2 aromatic carbocycles. The number of benzene rings is 2. The highest BCUT2D eigenvalue weighted by Gasteiger charge is 2.23. The van der Waals surface area contributed by atoms with Gasteiger partial charge in [0.05, 0.1) is 40.0 Å². The van der Waals surface area contributed by atoms with Crippen LogP contribution in [0, 0.1) is 0 Å². The molecule has 0 radical (unpaired) electrons. The predicted molar refractivity (Wildman–Crippen MR) is 144 cm³/mol. The van der Waals surface area contributed by atoms with E-state index in [0.29, 0.717) is 13.1 Å². The molecule has 0 saturated carbocycles. The van der Waals surface area contributed by atoms with Gasteiger partial charge >= 0.3 is 0 Å². The first kappa shape index (κ1) is 27.2. The highest BCUT2D eigenvalue weighted by Crippen LogP contribution is 2.25. The van der Waals surface area contributed by atoms with Crippen LogP contribution in [0.1, 0.15) is 24.1 Å². The minimum Gasteiger partial charge on any atom is -0.497 e. The number of methoxy groups -OCH3 is 2. The number of nitrogens with one attached hydrogen (secondary N) is 1. The third kappa shape index (κ3) is 7.75. The van der Waals surface area contributed by atoms with Crippen molar-refractivity contribution in [3.63, 3.8) is 0 Å². The van der Waals surface area contributed by atoms with Crippen LogP contribution in [0.2, 0.25) is 0 Å². The van der Waals surface area contributed by atoms with E-state index in [9.17, 15) is 0 Å². The maximum Gasteiger partial charge on any atom is 0.194 e. The number of rotatable bonds is 9. The summed E-state index contributed by atoms with van der Waals surface area (Å²) in [6, 6.07) is 16.6. The SMILES string of the molecule is CCNC(=NCC(c1ccc(OC)cc1)N1CCOCC1)N(C)Cc1ccccc1OC.I. The van der Waals surface area contributed by atoms with E-state index in [1.807, 2.05) is 30.3 Å². The fourth-order valence-electron chi connectivity index (χ4n) is 3.95. The van der Waals surface area contributed by atoms with Gasteiger partial charge in [-0.2, -0.15) is 0 Å². The van der Waals surface area contributed by atoms with Crippen molar-refractivity contribution >= 4 is 29.9 Å². The van der Waals surface area contributed by atoms with E-state index in [4.69, 9.17) is 19.2 Å². The van der Waals surface area contributed by atoms with Gasteiger partial charge in [-0.25, -0.2) is 0 Å². The third-order valence-corrected chi connectivity index (χ3v) is 5.70. The Balaban J connectivity index is 0.00000385. The summed E-state index contributed by atoms with van der Waals surface area (Å²) >= 11 is 0. The van der Waals surface area contributed by atoms with Gasteiger partial charge in [0, 0.05) is 38.8 Å². The standard InChI is InChI=1S/C25H36N4O3.HI/c1-5-26-25(28(2)19-21-8-6-7-9-24(21)31-4)27-18-23(29-14-16-32-17-15-29)20-10-12-22(30-3)13-11-20;/h6-13,23H,5,14-19H2,1-4H3,(H,26,27);1H. The van der Waals surface area contributed by atoms with Crippen LogP contribution >= 0.6 is 24.0 Å². The monoisotopic (exact) mass is 568 g/mol. The van der Waals surface area contributed by atoms with Crippen LogP contribution in [0.25, 0.3) is 0 Å². The summed E-state index contributed by atoms with van der Waals surface area (Å²) in [7, 11) is 5.46. The molecule has 1 N–H and O–H groups in total. The first-order valence-corrected chi connectivity index (χ1v) is 11.2. The smallest absolute Gasteiger partial charge is 0.194 e. The lowest BCUT2D eigenvalue weighted by atomic mass is 10.0. The van der Waals surface area contributed by atoms with Gasteiger partial charge in [0.15, 0.2) is 5.96 Å². The maximum absolute atomic E-state index is 5.58. The highest BCUT2D eigenvalue weighted by molar-refractivity contribution is 14.0. The summed E-state index contributed by atoms with van der Waals surface area (Å²) in [5.41, 5.74) is 2.36. The number of halogens is 1. The van der Waals surface area contributed by atoms with Gasteiger partial charge in [-0.15, -0.1) is 24.0 Å². The summed E-state index contributed by atoms with van der Waals surface area (Å²) in [5, 5.41) is 3.44. The van der Waals surface area contributed by atoms with Crippen LogP contribution in [0.3, 0.4) is 0 Å². The van der Waals surface area contributed by atoms with Crippen molar-refractivity contribution < 1.29 is 14.2 Å². The van der Waals surface area contributed by atoms with Crippen molar-refractivity contribution in [1.29, 1.82) is 0 Å². The lowest BCUT2D eigenvalue weighted by molar-refractivity contribution is 0.0179. The predicted octanol–water partition coefficient (Wildman–Crippen LogP) is 3.79. The highest BCUT2D eigenvalue weighted by atomic mass is 127. The Morgan fingerprint density at radius 2 is 1.79 bits per heavy atom. The largest absolute Gasteiger partial charge is 0.497 e. The zero-order chi connectivity index (χ0) is 22.8. The van der Waals surface area contributed by atoms with Crippen molar-refractivity contribution in [1.82, 2.24) is 15.1 Å². The Kier molecular flexibility index (Phi) is 11.8. The normalized spacial score (nSPS) is 15.3. The summed E-state index contributed by atoms with van der Waals surface area (Å²) in [4.78, 5) is 9.64. The number of nitrogens with zero attached hydrogens (tertiary/aromatic N) is 3. The summed E-state index contributed by atoms with van der Waals surface area (Å²) in [5.74, 6) is 2.63. The van der Waals surface area contributed by atoms with Crippen LogP contribution < -0.4 is 14.8 Å². The molecule has 1 saturated heterocycles. The molecule has 0 amide bonds. The molecule has 182 valence electrons. The molecule has 0 bridgehead atoms. The zero-order valence-corrected chi connectivity index (χ0v) is 22.5. The molecular formula is C25H37IN4O3. The number of para-hydroxylation sites is 1. The van der Waals surface area contributed by atoms with Gasteiger partial charge in [-0.05, 0) is 30.7 Å². The van der Waals surface area contributed by atoms with E-state index in [1.54, 1.807) is 14.2 Å². The van der Waals surface area contributed by atoms with Gasteiger partial charge in [0.2, 0.25) is 0 Å². The fraction of sp³-hybridized carbons (Fsp3) is 0.480. The van der Waals surface area contributed by atoms with Crippen molar-refractivity contribution in [2.75, 3.05) is 60.7 Å². The molecule has 8 heteroatoms. The first-order valence-electron chi connectivity index (χ1n) is 11.2. The quantitative estimate of drug-likeness (QED) is 0.282. The molecule has 0 aliphatic carbocycles. The van der Waals surface area contributed by atoms with E-state index in [-0.39, 0.29) is 30.0 Å². The zero-order valence-electron chi connectivity index (χ0n) is 20.1. The number of hydrogen-bond acceptors (Lipinski definition) is 5. The van der Waals surface area contributed by atoms with Crippen molar-refractivity contribution in [2.24, 2.45) is 4.99 Å². The molecule has 0 aromatic heterocycles. The lowest BCUT2D eigenvalue weighted by Crippen LogP contribution is -2.42. The van der Waals surface area contributed by atoms with Gasteiger partial charge in [-0.1, -0.05) is 30.3 Å². The molecule has 7 nitrogen and oxygen atoms in total. The Bertz CT molecular complexity index is 857. The first-order chi connectivity index (χ1) is 15.7. The van der Waals surface area contributed by atoms with Crippen molar-refractivity contribution in [2.45, 2.75) is 19.5 Å². The summed E-state index contributed by atoms with van der Waals surface area (Å²) < 4.78 is 16.5. The minimum atomic E-state index is 0. The Labute approximate surface area is 215 Å². The lowest BCUT2D eigenvalue weighted by Gasteiger charge is -2.34. The Hall–Kier alpha value is -2.04. The Morgan fingerprint density at radius 3 is 2.42 bits per heavy atom. The molecule has 1 aliphatic heterocycles. The summed E-state index contributed by atoms with van der Waals surface area (Å²) in [6.07, 6.45) is 0. The van der Waals surface area contributed by atoms with Crippen LogP contribution in [0.5, 0.6) is 11.5 Å². The van der Waals surface area contributed by atoms with Crippen molar-refractivity contribution in [3.8, 4) is 11.5 Å². The molecule has 2 aromatic rings. The second-order valence-electron chi connectivity index (χ2n) is 7.80. The van der Waals surface area contributed by atoms with Crippen LogP contribution in [-0.2, 0) is 11.3 Å². The van der Waals surface area contributed by atoms with Crippen molar-refractivity contribution in [3.05, 3.63) is 59.7 Å². The van der Waals surface area contributed by atoms with Crippen LogP contribution in [0.15, 0.2) is 53.5 Å². The topological polar surface area (TPSA) is 58.6 Å².